The summed E-state index contributed by atoms with van der Waals surface area (Å²) in [6, 6.07) is 12.8. The van der Waals surface area contributed by atoms with Crippen LogP contribution in [-0.2, 0) is 25.0 Å². The van der Waals surface area contributed by atoms with Crippen molar-refractivity contribution in [3.05, 3.63) is 48.0 Å². The molecule has 9 nitrogen and oxygen atoms in total. The molecule has 0 radical (unpaired) electrons. The summed E-state index contributed by atoms with van der Waals surface area (Å²) in [4.78, 5) is 43.7. The number of hydrogen-bond acceptors (Lipinski definition) is 6. The fraction of sp³-hybridized carbons (Fsp3) is 0.458. The maximum absolute atomic E-state index is 13.3. The molecule has 0 aromatic heterocycles. The predicted molar refractivity (Wildman–Crippen MR) is 127 cm³/mol. The van der Waals surface area contributed by atoms with E-state index in [1.165, 1.54) is 0 Å². The molecule has 3 heterocycles. The van der Waals surface area contributed by atoms with Crippen molar-refractivity contribution >= 4 is 38.5 Å². The number of nitrogens with one attached hydrogen (secondary N) is 1. The second-order valence-corrected chi connectivity index (χ2v) is 11.7. The highest BCUT2D eigenvalue weighted by Crippen LogP contribution is 2.31. The number of sulfone groups is 1. The second kappa shape index (κ2) is 8.35. The van der Waals surface area contributed by atoms with E-state index in [0.29, 0.717) is 38.2 Å². The van der Waals surface area contributed by atoms with Crippen molar-refractivity contribution in [3.8, 4) is 0 Å². The molecule has 0 bridgehead atoms. The minimum atomic E-state index is -2.96. The van der Waals surface area contributed by atoms with Gasteiger partial charge in [-0.3, -0.25) is 19.4 Å². The lowest BCUT2D eigenvalue weighted by Crippen LogP contribution is -2.54. The summed E-state index contributed by atoms with van der Waals surface area (Å²) < 4.78 is 23.5. The van der Waals surface area contributed by atoms with Gasteiger partial charge in [0.1, 0.15) is 12.1 Å². The highest BCUT2D eigenvalue weighted by molar-refractivity contribution is 7.91. The van der Waals surface area contributed by atoms with E-state index in [2.05, 4.69) is 10.2 Å². The fourth-order valence-corrected chi connectivity index (χ4v) is 6.93. The number of imide groups is 1. The zero-order valence-electron chi connectivity index (χ0n) is 19.1. The van der Waals surface area contributed by atoms with Gasteiger partial charge in [0.2, 0.25) is 5.91 Å². The molecule has 3 aliphatic heterocycles. The van der Waals surface area contributed by atoms with Crippen LogP contribution >= 0.6 is 0 Å². The number of benzene rings is 2. The Kier molecular flexibility index (Phi) is 5.60. The van der Waals surface area contributed by atoms with Gasteiger partial charge in [0.15, 0.2) is 9.84 Å². The molecule has 2 aromatic rings. The van der Waals surface area contributed by atoms with E-state index in [1.54, 1.807) is 11.8 Å². The molecule has 2 unspecified atom stereocenters. The minimum Gasteiger partial charge on any atom is -0.339 e. The van der Waals surface area contributed by atoms with Crippen LogP contribution in [0.4, 0.5) is 4.79 Å². The van der Waals surface area contributed by atoms with Gasteiger partial charge in [-0.15, -0.1) is 0 Å². The van der Waals surface area contributed by atoms with Crippen LogP contribution in [0.2, 0.25) is 0 Å². The Morgan fingerprint density at radius 2 is 1.76 bits per heavy atom. The maximum Gasteiger partial charge on any atom is 0.325 e. The predicted octanol–water partition coefficient (Wildman–Crippen LogP) is 0.938. The quantitative estimate of drug-likeness (QED) is 0.648. The van der Waals surface area contributed by atoms with Crippen molar-refractivity contribution in [3.63, 3.8) is 0 Å². The SMILES string of the molecule is CC1(c2ccc3ccccc3c2)NC(=O)N(CC(=O)N2CCN(C3CCS(=O)(=O)C3)CC2)C1=O. The molecule has 2 atom stereocenters. The topological polar surface area (TPSA) is 107 Å². The van der Waals surface area contributed by atoms with Gasteiger partial charge in [-0.05, 0) is 35.7 Å². The molecular formula is C24H28N4O5S. The first-order valence-corrected chi connectivity index (χ1v) is 13.3. The molecule has 1 N–H and O–H groups in total. The molecule has 4 amide bonds. The molecule has 10 heteroatoms. The molecule has 2 aromatic carbocycles. The molecule has 0 saturated carbocycles. The third-order valence-electron chi connectivity index (χ3n) is 7.29. The Hall–Kier alpha value is -2.98. The minimum absolute atomic E-state index is 0.0100. The average Bonchev–Trinajstić information content (AvgIpc) is 3.30. The second-order valence-electron chi connectivity index (χ2n) is 9.48. The van der Waals surface area contributed by atoms with Crippen LogP contribution in [0.1, 0.15) is 18.9 Å². The highest BCUT2D eigenvalue weighted by Gasteiger charge is 2.50. The summed E-state index contributed by atoms with van der Waals surface area (Å²) in [5.74, 6) is -0.337. The van der Waals surface area contributed by atoms with E-state index in [0.717, 1.165) is 15.7 Å². The number of nitrogens with zero attached hydrogens (tertiary/aromatic N) is 3. The zero-order chi connectivity index (χ0) is 24.1. The monoisotopic (exact) mass is 484 g/mol. The number of amides is 4. The van der Waals surface area contributed by atoms with Gasteiger partial charge in [-0.2, -0.15) is 0 Å². The number of rotatable bonds is 4. The van der Waals surface area contributed by atoms with Gasteiger partial charge in [0.05, 0.1) is 11.5 Å². The smallest absolute Gasteiger partial charge is 0.325 e. The van der Waals surface area contributed by atoms with Crippen molar-refractivity contribution in [2.75, 3.05) is 44.2 Å². The van der Waals surface area contributed by atoms with Gasteiger partial charge in [0.25, 0.3) is 5.91 Å². The summed E-state index contributed by atoms with van der Waals surface area (Å²) >= 11 is 0. The van der Waals surface area contributed by atoms with E-state index in [-0.39, 0.29) is 30.0 Å². The summed E-state index contributed by atoms with van der Waals surface area (Å²) in [6.07, 6.45) is 0.631. The maximum atomic E-state index is 13.3. The molecule has 0 spiro atoms. The Labute approximate surface area is 198 Å². The van der Waals surface area contributed by atoms with Crippen LogP contribution in [0.15, 0.2) is 42.5 Å². The van der Waals surface area contributed by atoms with Crippen molar-refractivity contribution in [1.82, 2.24) is 20.0 Å². The molecule has 3 fully saturated rings. The third-order valence-corrected chi connectivity index (χ3v) is 9.04. The Morgan fingerprint density at radius 3 is 2.44 bits per heavy atom. The molecule has 5 rings (SSSR count). The Balaban J connectivity index is 1.24. The standard InChI is InChI=1S/C24H28N4O5S/c1-24(19-7-6-17-4-2-3-5-18(17)14-19)22(30)28(23(31)25-24)15-21(29)27-11-9-26(10-12-27)20-8-13-34(32,33)16-20/h2-7,14,20H,8-13,15-16H2,1H3,(H,25,31). The van der Waals surface area contributed by atoms with Gasteiger partial charge in [-0.1, -0.05) is 36.4 Å². The van der Waals surface area contributed by atoms with Crippen molar-refractivity contribution in [1.29, 1.82) is 0 Å². The van der Waals surface area contributed by atoms with Gasteiger partial charge < -0.3 is 10.2 Å². The Morgan fingerprint density at radius 1 is 1.06 bits per heavy atom. The van der Waals surface area contributed by atoms with E-state index >= 15 is 0 Å². The normalized spacial score (nSPS) is 27.4. The van der Waals surface area contributed by atoms with Crippen LogP contribution < -0.4 is 5.32 Å². The van der Waals surface area contributed by atoms with E-state index in [4.69, 9.17) is 0 Å². The fourth-order valence-electron chi connectivity index (χ4n) is 5.17. The summed E-state index contributed by atoms with van der Waals surface area (Å²) in [7, 11) is -2.96. The van der Waals surface area contributed by atoms with E-state index in [1.807, 2.05) is 42.5 Å². The van der Waals surface area contributed by atoms with Crippen LogP contribution in [-0.4, -0.2) is 91.2 Å². The van der Waals surface area contributed by atoms with Gasteiger partial charge >= 0.3 is 6.03 Å². The molecule has 34 heavy (non-hydrogen) atoms. The molecule has 3 saturated heterocycles. The first-order chi connectivity index (χ1) is 16.2. The van der Waals surface area contributed by atoms with Crippen LogP contribution in [0, 0.1) is 0 Å². The number of hydrogen-bond donors (Lipinski definition) is 1. The number of piperazine rings is 1. The highest BCUT2D eigenvalue weighted by atomic mass is 32.2. The van der Waals surface area contributed by atoms with Crippen molar-refractivity contribution < 1.29 is 22.8 Å². The summed E-state index contributed by atoms with van der Waals surface area (Å²) in [5, 5.41) is 4.77. The molecule has 0 aliphatic carbocycles. The first-order valence-electron chi connectivity index (χ1n) is 11.5. The van der Waals surface area contributed by atoms with E-state index in [9.17, 15) is 22.8 Å². The molecule has 3 aliphatic rings. The average molecular weight is 485 g/mol. The van der Waals surface area contributed by atoms with Gasteiger partial charge in [-0.25, -0.2) is 13.2 Å². The lowest BCUT2D eigenvalue weighted by Gasteiger charge is -2.38. The van der Waals surface area contributed by atoms with E-state index < -0.39 is 27.3 Å². The van der Waals surface area contributed by atoms with Crippen LogP contribution in [0.25, 0.3) is 10.8 Å². The van der Waals surface area contributed by atoms with Gasteiger partial charge in [0, 0.05) is 32.2 Å². The number of fused-ring (bicyclic) bond motifs is 1. The number of urea groups is 1. The largest absolute Gasteiger partial charge is 0.339 e. The third kappa shape index (κ3) is 4.05. The molecule has 180 valence electrons. The Bertz CT molecular complexity index is 1270. The van der Waals surface area contributed by atoms with Crippen molar-refractivity contribution in [2.45, 2.75) is 24.9 Å². The summed E-state index contributed by atoms with van der Waals surface area (Å²) in [6.45, 7) is 3.41. The van der Waals surface area contributed by atoms with Crippen molar-refractivity contribution in [2.24, 2.45) is 0 Å². The lowest BCUT2D eigenvalue weighted by molar-refractivity contribution is -0.140. The lowest BCUT2D eigenvalue weighted by atomic mass is 9.90. The zero-order valence-corrected chi connectivity index (χ0v) is 19.9. The first kappa shape index (κ1) is 22.8. The van der Waals surface area contributed by atoms with Crippen LogP contribution in [0.3, 0.4) is 0 Å². The number of carbonyl (C=O) groups is 3. The van der Waals surface area contributed by atoms with Crippen LogP contribution in [0.5, 0.6) is 0 Å². The molecular weight excluding hydrogens is 456 g/mol. The number of carbonyl (C=O) groups excluding carboxylic acids is 3. The summed E-state index contributed by atoms with van der Waals surface area (Å²) in [5.41, 5.74) is -0.576.